The van der Waals surface area contributed by atoms with E-state index in [0.717, 1.165) is 17.1 Å². The number of hydrogen-bond donors (Lipinski definition) is 1. The topological polar surface area (TPSA) is 68.8 Å². The van der Waals surface area contributed by atoms with Crippen LogP contribution in [0.2, 0.25) is 0 Å². The van der Waals surface area contributed by atoms with Crippen LogP contribution in [-0.4, -0.2) is 54.5 Å². The Morgan fingerprint density at radius 1 is 1.00 bits per heavy atom. The number of nitrogens with zero attached hydrogens (tertiary/aromatic N) is 4. The van der Waals surface area contributed by atoms with Crippen LogP contribution in [0.4, 0.5) is 15.9 Å². The first-order valence-corrected chi connectivity index (χ1v) is 11.0. The van der Waals surface area contributed by atoms with Gasteiger partial charge in [0.1, 0.15) is 11.6 Å². The molecular formula is C25H24FN5O2. The number of amides is 2. The smallest absolute Gasteiger partial charge is 0.256 e. The summed E-state index contributed by atoms with van der Waals surface area (Å²) in [5, 5.41) is 2.85. The molecule has 33 heavy (non-hydrogen) atoms. The molecule has 2 aromatic carbocycles. The van der Waals surface area contributed by atoms with Gasteiger partial charge in [-0.25, -0.2) is 9.37 Å². The first kappa shape index (κ1) is 20.9. The van der Waals surface area contributed by atoms with E-state index in [1.165, 1.54) is 6.07 Å². The van der Waals surface area contributed by atoms with Crippen LogP contribution in [0, 0.1) is 5.82 Å². The van der Waals surface area contributed by atoms with Gasteiger partial charge in [-0.3, -0.25) is 9.59 Å². The fourth-order valence-corrected chi connectivity index (χ4v) is 4.33. The van der Waals surface area contributed by atoms with Crippen molar-refractivity contribution in [2.75, 3.05) is 42.6 Å². The predicted molar refractivity (Wildman–Crippen MR) is 124 cm³/mol. The van der Waals surface area contributed by atoms with Crippen LogP contribution in [0.5, 0.6) is 0 Å². The molecule has 2 aliphatic heterocycles. The summed E-state index contributed by atoms with van der Waals surface area (Å²) in [6, 6.07) is 17.8. The van der Waals surface area contributed by atoms with Crippen molar-refractivity contribution < 1.29 is 14.0 Å². The Balaban J connectivity index is 1.30. The molecular weight excluding hydrogens is 421 g/mol. The Bertz CT molecular complexity index is 1180. The Labute approximate surface area is 191 Å². The second kappa shape index (κ2) is 8.90. The van der Waals surface area contributed by atoms with Crippen LogP contribution >= 0.6 is 0 Å². The maximum absolute atomic E-state index is 14.6. The molecule has 1 fully saturated rings. The molecule has 1 aromatic heterocycles. The summed E-state index contributed by atoms with van der Waals surface area (Å²) < 4.78 is 14.6. The molecule has 0 atom stereocenters. The summed E-state index contributed by atoms with van der Waals surface area (Å²) in [4.78, 5) is 35.4. The van der Waals surface area contributed by atoms with Gasteiger partial charge >= 0.3 is 0 Å². The van der Waals surface area contributed by atoms with Crippen LogP contribution < -0.4 is 15.1 Å². The number of nitrogens with one attached hydrogen (secondary N) is 1. The maximum Gasteiger partial charge on any atom is 0.256 e. The number of carbonyl (C=O) groups is 2. The van der Waals surface area contributed by atoms with Gasteiger partial charge in [-0.1, -0.05) is 24.3 Å². The van der Waals surface area contributed by atoms with E-state index in [2.05, 4.69) is 15.2 Å². The van der Waals surface area contributed by atoms with Gasteiger partial charge in [0.05, 0.1) is 23.5 Å². The van der Waals surface area contributed by atoms with Gasteiger partial charge in [0.25, 0.3) is 11.8 Å². The van der Waals surface area contributed by atoms with Crippen LogP contribution in [-0.2, 0) is 6.54 Å². The maximum atomic E-state index is 14.6. The number of aromatic nitrogens is 1. The molecule has 1 saturated heterocycles. The third kappa shape index (κ3) is 4.24. The molecule has 0 radical (unpaired) electrons. The molecule has 2 aliphatic rings. The SMILES string of the molecule is O=C1NCN(Cc2ccc(F)c(C(=O)N3CCN(c4ccccn4)CC3)c2)c2ccccc21. The summed E-state index contributed by atoms with van der Waals surface area (Å²) in [6.07, 6.45) is 1.75. The summed E-state index contributed by atoms with van der Waals surface area (Å²) in [6.45, 7) is 3.11. The number of anilines is 2. The number of benzene rings is 2. The van der Waals surface area contributed by atoms with E-state index in [9.17, 15) is 14.0 Å². The van der Waals surface area contributed by atoms with Crippen LogP contribution in [0.25, 0.3) is 0 Å². The van der Waals surface area contributed by atoms with E-state index in [0.29, 0.717) is 45.0 Å². The van der Waals surface area contributed by atoms with E-state index >= 15 is 0 Å². The molecule has 0 bridgehead atoms. The molecule has 7 nitrogen and oxygen atoms in total. The quantitative estimate of drug-likeness (QED) is 0.669. The lowest BCUT2D eigenvalue weighted by Crippen LogP contribution is -2.49. The van der Waals surface area contributed by atoms with E-state index in [1.807, 2.05) is 41.3 Å². The predicted octanol–water partition coefficient (Wildman–Crippen LogP) is 2.89. The highest BCUT2D eigenvalue weighted by Crippen LogP contribution is 2.26. The number of fused-ring (bicyclic) bond motifs is 1. The van der Waals surface area contributed by atoms with Crippen molar-refractivity contribution in [2.45, 2.75) is 6.54 Å². The highest BCUT2D eigenvalue weighted by Gasteiger charge is 2.26. The number of halogens is 1. The normalized spacial score (nSPS) is 15.8. The van der Waals surface area contributed by atoms with E-state index < -0.39 is 5.82 Å². The standard InChI is InChI=1S/C25H24FN5O2/c26-21-9-8-18(16-31-17-28-24(32)19-5-1-2-6-22(19)31)15-20(21)25(33)30-13-11-29(12-14-30)23-7-3-4-10-27-23/h1-10,15H,11-14,16-17H2,(H,28,32). The van der Waals surface area contributed by atoms with Crippen molar-refractivity contribution in [2.24, 2.45) is 0 Å². The van der Waals surface area contributed by atoms with Gasteiger partial charge in [0.15, 0.2) is 0 Å². The molecule has 0 spiro atoms. The number of piperazine rings is 1. The highest BCUT2D eigenvalue weighted by molar-refractivity contribution is 6.01. The summed E-state index contributed by atoms with van der Waals surface area (Å²) >= 11 is 0. The van der Waals surface area contributed by atoms with E-state index in [-0.39, 0.29) is 17.4 Å². The molecule has 2 amide bonds. The second-order valence-corrected chi connectivity index (χ2v) is 8.16. The molecule has 0 saturated carbocycles. The van der Waals surface area contributed by atoms with Crippen molar-refractivity contribution >= 4 is 23.3 Å². The number of rotatable bonds is 4. The van der Waals surface area contributed by atoms with Gasteiger partial charge in [0.2, 0.25) is 0 Å². The third-order valence-electron chi connectivity index (χ3n) is 6.09. The molecule has 3 aromatic rings. The average Bonchev–Trinajstić information content (AvgIpc) is 2.87. The average molecular weight is 445 g/mol. The Morgan fingerprint density at radius 2 is 1.79 bits per heavy atom. The Morgan fingerprint density at radius 3 is 2.58 bits per heavy atom. The molecule has 5 rings (SSSR count). The van der Waals surface area contributed by atoms with Crippen LogP contribution in [0.15, 0.2) is 66.9 Å². The summed E-state index contributed by atoms with van der Waals surface area (Å²) in [7, 11) is 0. The molecule has 8 heteroatoms. The lowest BCUT2D eigenvalue weighted by Gasteiger charge is -2.35. The van der Waals surface area contributed by atoms with Crippen molar-refractivity contribution in [1.82, 2.24) is 15.2 Å². The molecule has 168 valence electrons. The van der Waals surface area contributed by atoms with Gasteiger partial charge in [-0.15, -0.1) is 0 Å². The van der Waals surface area contributed by atoms with Crippen molar-refractivity contribution in [3.8, 4) is 0 Å². The third-order valence-corrected chi connectivity index (χ3v) is 6.09. The van der Waals surface area contributed by atoms with Gasteiger partial charge in [-0.05, 0) is 42.0 Å². The minimum absolute atomic E-state index is 0.0770. The van der Waals surface area contributed by atoms with Gasteiger partial charge < -0.3 is 20.0 Å². The van der Waals surface area contributed by atoms with E-state index in [1.54, 1.807) is 29.3 Å². The van der Waals surface area contributed by atoms with Crippen molar-refractivity contribution in [3.05, 3.63) is 89.4 Å². The fraction of sp³-hybridized carbons (Fsp3) is 0.240. The minimum atomic E-state index is -0.525. The summed E-state index contributed by atoms with van der Waals surface area (Å²) in [5.74, 6) is -0.0565. The lowest BCUT2D eigenvalue weighted by atomic mass is 10.1. The van der Waals surface area contributed by atoms with Crippen molar-refractivity contribution in [3.63, 3.8) is 0 Å². The van der Waals surface area contributed by atoms with E-state index in [4.69, 9.17) is 0 Å². The lowest BCUT2D eigenvalue weighted by molar-refractivity contribution is 0.0741. The van der Waals surface area contributed by atoms with Crippen LogP contribution in [0.1, 0.15) is 26.3 Å². The molecule has 3 heterocycles. The Kier molecular flexibility index (Phi) is 5.64. The summed E-state index contributed by atoms with van der Waals surface area (Å²) in [5.41, 5.74) is 2.31. The number of pyridine rings is 1. The zero-order valence-electron chi connectivity index (χ0n) is 18.1. The highest BCUT2D eigenvalue weighted by atomic mass is 19.1. The van der Waals surface area contributed by atoms with Gasteiger partial charge in [0, 0.05) is 38.9 Å². The number of hydrogen-bond acceptors (Lipinski definition) is 5. The largest absolute Gasteiger partial charge is 0.353 e. The minimum Gasteiger partial charge on any atom is -0.353 e. The fourth-order valence-electron chi connectivity index (χ4n) is 4.33. The monoisotopic (exact) mass is 445 g/mol. The zero-order valence-corrected chi connectivity index (χ0v) is 18.1. The molecule has 0 unspecified atom stereocenters. The second-order valence-electron chi connectivity index (χ2n) is 8.16. The number of para-hydroxylation sites is 1. The zero-order chi connectivity index (χ0) is 22.8. The van der Waals surface area contributed by atoms with Crippen molar-refractivity contribution in [1.29, 1.82) is 0 Å². The first-order chi connectivity index (χ1) is 16.1. The Hall–Kier alpha value is -3.94. The molecule has 0 aliphatic carbocycles. The van der Waals surface area contributed by atoms with Crippen LogP contribution in [0.3, 0.4) is 0 Å². The number of carbonyl (C=O) groups excluding carboxylic acids is 2. The molecule has 1 N–H and O–H groups in total. The van der Waals surface area contributed by atoms with Gasteiger partial charge in [-0.2, -0.15) is 0 Å². The first-order valence-electron chi connectivity index (χ1n) is 11.0.